The predicted octanol–water partition coefficient (Wildman–Crippen LogP) is 0.181. The zero-order chi connectivity index (χ0) is 11.7. The molecule has 1 rings (SSSR count). The summed E-state index contributed by atoms with van der Waals surface area (Å²) in [6.45, 7) is -0.796. The average molecular weight is 245 g/mol. The van der Waals surface area contributed by atoms with E-state index in [4.69, 9.17) is 0 Å². The van der Waals surface area contributed by atoms with Crippen LogP contribution in [0.5, 0.6) is 0 Å². The standard InChI is InChI=1S/C5H6F3N3O3S/c1-11-9-2-4(10-11)3-14-15(12,13)5(6,7)8/h2H,3H2,1H3. The van der Waals surface area contributed by atoms with Gasteiger partial charge in [-0.3, -0.25) is 4.18 Å². The van der Waals surface area contributed by atoms with E-state index < -0.39 is 22.2 Å². The molecule has 0 bridgehead atoms. The van der Waals surface area contributed by atoms with Gasteiger partial charge in [0, 0.05) is 7.05 Å². The molecule has 0 unspecified atom stereocenters. The van der Waals surface area contributed by atoms with Gasteiger partial charge < -0.3 is 0 Å². The van der Waals surface area contributed by atoms with Gasteiger partial charge >= 0.3 is 15.6 Å². The maximum Gasteiger partial charge on any atom is 0.523 e. The third-order valence-electron chi connectivity index (χ3n) is 1.29. The van der Waals surface area contributed by atoms with E-state index in [0.29, 0.717) is 0 Å². The second-order valence-electron chi connectivity index (χ2n) is 2.49. The molecule has 0 saturated carbocycles. The molecule has 0 atom stereocenters. The molecule has 1 aromatic heterocycles. The minimum absolute atomic E-state index is 0.00896. The Morgan fingerprint density at radius 2 is 2.13 bits per heavy atom. The third kappa shape index (κ3) is 2.89. The van der Waals surface area contributed by atoms with Crippen LogP contribution in [0.4, 0.5) is 13.2 Å². The Balaban J connectivity index is 2.66. The summed E-state index contributed by atoms with van der Waals surface area (Å²) in [4.78, 5) is 1.07. The van der Waals surface area contributed by atoms with Crippen molar-refractivity contribution < 1.29 is 25.8 Å². The van der Waals surface area contributed by atoms with Crippen LogP contribution in [0.2, 0.25) is 0 Å². The van der Waals surface area contributed by atoms with Gasteiger partial charge in [0.25, 0.3) is 0 Å². The number of alkyl halides is 3. The van der Waals surface area contributed by atoms with Crippen LogP contribution in [-0.4, -0.2) is 28.9 Å². The predicted molar refractivity (Wildman–Crippen MR) is 40.8 cm³/mol. The highest BCUT2D eigenvalue weighted by Gasteiger charge is 2.47. The smallest absolute Gasteiger partial charge is 0.257 e. The van der Waals surface area contributed by atoms with Gasteiger partial charge in [-0.2, -0.15) is 36.6 Å². The molecule has 10 heteroatoms. The molecule has 0 radical (unpaired) electrons. The van der Waals surface area contributed by atoms with E-state index in [2.05, 4.69) is 14.4 Å². The van der Waals surface area contributed by atoms with E-state index in [1.807, 2.05) is 0 Å². The Bertz CT molecular complexity index is 438. The summed E-state index contributed by atoms with van der Waals surface area (Å²) in [6.07, 6.45) is 1.10. The number of nitrogens with zero attached hydrogens (tertiary/aromatic N) is 3. The number of hydrogen-bond donors (Lipinski definition) is 0. The van der Waals surface area contributed by atoms with Gasteiger partial charge in [0.15, 0.2) is 0 Å². The van der Waals surface area contributed by atoms with Gasteiger partial charge in [-0.05, 0) is 0 Å². The molecule has 0 saturated heterocycles. The van der Waals surface area contributed by atoms with Crippen LogP contribution < -0.4 is 0 Å². The summed E-state index contributed by atoms with van der Waals surface area (Å²) in [5.74, 6) is 0. The quantitative estimate of drug-likeness (QED) is 0.561. The molecular weight excluding hydrogens is 239 g/mol. The SMILES string of the molecule is Cn1ncc(COS(=O)(=O)C(F)(F)F)n1. The average Bonchev–Trinajstić information content (AvgIpc) is 2.46. The van der Waals surface area contributed by atoms with Crippen LogP contribution >= 0.6 is 0 Å². The van der Waals surface area contributed by atoms with Crippen LogP contribution in [0.25, 0.3) is 0 Å². The Labute approximate surface area is 82.8 Å². The molecule has 0 aliphatic heterocycles. The van der Waals surface area contributed by atoms with Crippen LogP contribution in [0.1, 0.15) is 5.69 Å². The maximum atomic E-state index is 11.8. The van der Waals surface area contributed by atoms with Crippen molar-refractivity contribution in [3.05, 3.63) is 11.9 Å². The number of aryl methyl sites for hydroxylation is 1. The second-order valence-corrected chi connectivity index (χ2v) is 4.09. The Morgan fingerprint density at radius 3 is 2.53 bits per heavy atom. The molecule has 15 heavy (non-hydrogen) atoms. The molecule has 0 N–H and O–H groups in total. The number of rotatable bonds is 3. The first-order valence-electron chi connectivity index (χ1n) is 3.53. The van der Waals surface area contributed by atoms with Gasteiger partial charge in [0.05, 0.1) is 6.20 Å². The van der Waals surface area contributed by atoms with Gasteiger partial charge in [0.1, 0.15) is 12.3 Å². The van der Waals surface area contributed by atoms with Crippen molar-refractivity contribution in [1.29, 1.82) is 0 Å². The van der Waals surface area contributed by atoms with Crippen molar-refractivity contribution in [3.63, 3.8) is 0 Å². The zero-order valence-electron chi connectivity index (χ0n) is 7.39. The summed E-state index contributed by atoms with van der Waals surface area (Å²) < 4.78 is 59.9. The molecule has 0 aromatic carbocycles. The Hall–Kier alpha value is -1.16. The topological polar surface area (TPSA) is 74.1 Å². The minimum atomic E-state index is -5.56. The zero-order valence-corrected chi connectivity index (χ0v) is 8.21. The van der Waals surface area contributed by atoms with Gasteiger partial charge in [-0.25, -0.2) is 0 Å². The number of hydrogen-bond acceptors (Lipinski definition) is 5. The molecule has 0 fully saturated rings. The molecule has 0 aliphatic carbocycles. The van der Waals surface area contributed by atoms with E-state index in [1.54, 1.807) is 0 Å². The Kier molecular flexibility index (Phi) is 3.00. The lowest BCUT2D eigenvalue weighted by atomic mass is 10.5. The van der Waals surface area contributed by atoms with Gasteiger partial charge in [-0.15, -0.1) is 0 Å². The highest BCUT2D eigenvalue weighted by Crippen LogP contribution is 2.25. The summed E-state index contributed by atoms with van der Waals surface area (Å²) in [5, 5.41) is 7.07. The van der Waals surface area contributed by atoms with E-state index in [0.717, 1.165) is 11.0 Å². The lowest BCUT2D eigenvalue weighted by molar-refractivity contribution is -0.0548. The van der Waals surface area contributed by atoms with Crippen molar-refractivity contribution in [2.45, 2.75) is 12.1 Å². The van der Waals surface area contributed by atoms with Crippen molar-refractivity contribution in [1.82, 2.24) is 15.0 Å². The third-order valence-corrected chi connectivity index (χ3v) is 2.29. The highest BCUT2D eigenvalue weighted by atomic mass is 32.2. The molecule has 0 spiro atoms. The van der Waals surface area contributed by atoms with Crippen molar-refractivity contribution in [2.75, 3.05) is 0 Å². The van der Waals surface area contributed by atoms with Crippen molar-refractivity contribution in [2.24, 2.45) is 7.05 Å². The van der Waals surface area contributed by atoms with E-state index >= 15 is 0 Å². The first-order valence-corrected chi connectivity index (χ1v) is 4.94. The fraction of sp³-hybridized carbons (Fsp3) is 0.600. The summed E-state index contributed by atoms with van der Waals surface area (Å²) >= 11 is 0. The van der Waals surface area contributed by atoms with Crippen molar-refractivity contribution in [3.8, 4) is 0 Å². The molecule has 1 aromatic rings. The molecular formula is C5H6F3N3O3S. The van der Waals surface area contributed by atoms with Crippen LogP contribution in [-0.2, 0) is 28.0 Å². The summed E-state index contributed by atoms with van der Waals surface area (Å²) in [6, 6.07) is 0. The monoisotopic (exact) mass is 245 g/mol. The minimum Gasteiger partial charge on any atom is -0.257 e. The van der Waals surface area contributed by atoms with Crippen LogP contribution in [0, 0.1) is 0 Å². The van der Waals surface area contributed by atoms with Gasteiger partial charge in [-0.1, -0.05) is 0 Å². The second kappa shape index (κ2) is 3.77. The molecule has 6 nitrogen and oxygen atoms in total. The normalized spacial score (nSPS) is 13.1. The largest absolute Gasteiger partial charge is 0.523 e. The number of aromatic nitrogens is 3. The van der Waals surface area contributed by atoms with Crippen LogP contribution in [0.3, 0.4) is 0 Å². The summed E-state index contributed by atoms with van der Waals surface area (Å²) in [7, 11) is -4.13. The molecule has 1 heterocycles. The number of halogens is 3. The van der Waals surface area contributed by atoms with Crippen LogP contribution in [0.15, 0.2) is 6.20 Å². The molecule has 86 valence electrons. The molecule has 0 aliphatic rings. The Morgan fingerprint density at radius 1 is 1.53 bits per heavy atom. The first-order chi connectivity index (χ1) is 6.72. The van der Waals surface area contributed by atoms with Gasteiger partial charge in [0.2, 0.25) is 0 Å². The lowest BCUT2D eigenvalue weighted by Gasteiger charge is -2.06. The lowest BCUT2D eigenvalue weighted by Crippen LogP contribution is -2.25. The van der Waals surface area contributed by atoms with E-state index in [9.17, 15) is 21.6 Å². The fourth-order valence-corrected chi connectivity index (χ4v) is 1.07. The highest BCUT2D eigenvalue weighted by molar-refractivity contribution is 7.87. The van der Waals surface area contributed by atoms with E-state index in [1.165, 1.54) is 7.05 Å². The van der Waals surface area contributed by atoms with Crippen molar-refractivity contribution >= 4 is 10.1 Å². The van der Waals surface area contributed by atoms with E-state index in [-0.39, 0.29) is 5.69 Å². The molecule has 0 amide bonds. The fourth-order valence-electron chi connectivity index (χ4n) is 0.659. The maximum absolute atomic E-state index is 11.8. The summed E-state index contributed by atoms with van der Waals surface area (Å²) in [5.41, 5.74) is -5.43. The first kappa shape index (κ1) is 11.9.